The molecule has 1 heterocycles. The Morgan fingerprint density at radius 2 is 1.71 bits per heavy atom. The zero-order valence-corrected chi connectivity index (χ0v) is 13.5. The quantitative estimate of drug-likeness (QED) is 0.750. The van der Waals surface area contributed by atoms with E-state index >= 15 is 0 Å². The van der Waals surface area contributed by atoms with E-state index in [1.807, 2.05) is 0 Å². The minimum absolute atomic E-state index is 0.0703. The second-order valence-corrected chi connectivity index (χ2v) is 5.01. The van der Waals surface area contributed by atoms with Crippen LogP contribution in [0.25, 0.3) is 0 Å². The first-order valence-corrected chi connectivity index (χ1v) is 6.90. The highest BCUT2D eigenvalue weighted by atomic mass is 35.5. The van der Waals surface area contributed by atoms with Gasteiger partial charge in [0.1, 0.15) is 18.1 Å². The molecular formula is C13H11Cl3N2O3. The van der Waals surface area contributed by atoms with Gasteiger partial charge in [0.25, 0.3) is 0 Å². The zero-order chi connectivity index (χ0) is 15.4. The number of ether oxygens (including phenoxy) is 3. The van der Waals surface area contributed by atoms with Crippen LogP contribution in [0.4, 0.5) is 0 Å². The van der Waals surface area contributed by atoms with E-state index in [1.54, 1.807) is 18.2 Å². The first-order chi connectivity index (χ1) is 10.0. The molecule has 2 aromatic rings. The third kappa shape index (κ3) is 3.89. The highest BCUT2D eigenvalue weighted by molar-refractivity contribution is 6.36. The van der Waals surface area contributed by atoms with Crippen LogP contribution in [-0.2, 0) is 11.3 Å². The standard InChI is InChI=1S/C13H11Cl3N2O3/c1-19-6-10-17-12(15)11(13(16)18-10)21-9-5-7(20-2)3-4-8(9)14/h3-5H,6H2,1-2H3. The van der Waals surface area contributed by atoms with Gasteiger partial charge in [-0.25, -0.2) is 9.97 Å². The Hall–Kier alpha value is -1.27. The van der Waals surface area contributed by atoms with Gasteiger partial charge in [-0.05, 0) is 12.1 Å². The summed E-state index contributed by atoms with van der Waals surface area (Å²) in [5.41, 5.74) is 0. The third-order valence-electron chi connectivity index (χ3n) is 2.45. The van der Waals surface area contributed by atoms with Crippen LogP contribution in [-0.4, -0.2) is 24.2 Å². The Kier molecular flexibility index (Phi) is 5.47. The van der Waals surface area contributed by atoms with E-state index in [0.717, 1.165) is 0 Å². The van der Waals surface area contributed by atoms with E-state index in [-0.39, 0.29) is 22.7 Å². The maximum atomic E-state index is 6.06. The maximum Gasteiger partial charge on any atom is 0.202 e. The molecule has 0 fully saturated rings. The predicted molar refractivity (Wildman–Crippen MR) is 80.8 cm³/mol. The largest absolute Gasteiger partial charge is 0.497 e. The Morgan fingerprint density at radius 1 is 1.05 bits per heavy atom. The Balaban J connectivity index is 2.35. The molecule has 0 aliphatic heterocycles. The average molecular weight is 350 g/mol. The predicted octanol–water partition coefficient (Wildman–Crippen LogP) is 4.38. The minimum Gasteiger partial charge on any atom is -0.497 e. The fourth-order valence-electron chi connectivity index (χ4n) is 1.51. The highest BCUT2D eigenvalue weighted by Gasteiger charge is 2.16. The number of aromatic nitrogens is 2. The number of rotatable bonds is 5. The summed E-state index contributed by atoms with van der Waals surface area (Å²) >= 11 is 18.2. The van der Waals surface area contributed by atoms with Crippen molar-refractivity contribution >= 4 is 34.8 Å². The zero-order valence-electron chi connectivity index (χ0n) is 11.2. The summed E-state index contributed by atoms with van der Waals surface area (Å²) in [6.07, 6.45) is 0. The first-order valence-electron chi connectivity index (χ1n) is 5.77. The van der Waals surface area contributed by atoms with Crippen LogP contribution < -0.4 is 9.47 Å². The summed E-state index contributed by atoms with van der Waals surface area (Å²) in [5.74, 6) is 1.39. The van der Waals surface area contributed by atoms with E-state index in [9.17, 15) is 0 Å². The first kappa shape index (κ1) is 16.1. The molecule has 21 heavy (non-hydrogen) atoms. The van der Waals surface area contributed by atoms with Gasteiger partial charge < -0.3 is 14.2 Å². The van der Waals surface area contributed by atoms with Gasteiger partial charge in [-0.2, -0.15) is 0 Å². The van der Waals surface area contributed by atoms with Crippen molar-refractivity contribution in [3.05, 3.63) is 39.4 Å². The molecule has 0 radical (unpaired) electrons. The van der Waals surface area contributed by atoms with Gasteiger partial charge in [-0.3, -0.25) is 0 Å². The molecule has 1 aromatic carbocycles. The average Bonchev–Trinajstić information content (AvgIpc) is 2.45. The van der Waals surface area contributed by atoms with Crippen molar-refractivity contribution in [1.29, 1.82) is 0 Å². The number of benzene rings is 1. The summed E-state index contributed by atoms with van der Waals surface area (Å²) < 4.78 is 15.6. The van der Waals surface area contributed by atoms with Crippen LogP contribution in [0.3, 0.4) is 0 Å². The molecule has 8 heteroatoms. The van der Waals surface area contributed by atoms with Crippen LogP contribution in [0.5, 0.6) is 17.2 Å². The lowest BCUT2D eigenvalue weighted by atomic mass is 10.3. The molecule has 112 valence electrons. The second kappa shape index (κ2) is 7.13. The fourth-order valence-corrected chi connectivity index (χ4v) is 2.17. The van der Waals surface area contributed by atoms with E-state index in [0.29, 0.717) is 22.3 Å². The van der Waals surface area contributed by atoms with Gasteiger partial charge in [0.05, 0.1) is 12.1 Å². The lowest BCUT2D eigenvalue weighted by molar-refractivity contribution is 0.177. The molecule has 0 unspecified atom stereocenters. The molecule has 2 rings (SSSR count). The van der Waals surface area contributed by atoms with Crippen LogP contribution in [0, 0.1) is 0 Å². The van der Waals surface area contributed by atoms with Gasteiger partial charge in [-0.15, -0.1) is 0 Å². The number of nitrogens with zero attached hydrogens (tertiary/aromatic N) is 2. The highest BCUT2D eigenvalue weighted by Crippen LogP contribution is 2.38. The van der Waals surface area contributed by atoms with Crippen LogP contribution in [0.15, 0.2) is 18.2 Å². The molecule has 0 atom stereocenters. The summed E-state index contributed by atoms with van der Waals surface area (Å²) in [4.78, 5) is 8.08. The Bertz CT molecular complexity index is 630. The van der Waals surface area contributed by atoms with Gasteiger partial charge >= 0.3 is 0 Å². The van der Waals surface area contributed by atoms with E-state index < -0.39 is 0 Å². The Morgan fingerprint density at radius 3 is 2.29 bits per heavy atom. The summed E-state index contributed by atoms with van der Waals surface area (Å²) in [6, 6.07) is 4.95. The molecule has 0 spiro atoms. The van der Waals surface area contributed by atoms with E-state index in [1.165, 1.54) is 14.2 Å². The topological polar surface area (TPSA) is 53.5 Å². The normalized spacial score (nSPS) is 10.5. The van der Waals surface area contributed by atoms with Gasteiger partial charge in [0.2, 0.25) is 5.75 Å². The summed E-state index contributed by atoms with van der Waals surface area (Å²) in [5, 5.41) is 0.519. The molecular weight excluding hydrogens is 339 g/mol. The maximum absolute atomic E-state index is 6.06. The number of hydrogen-bond donors (Lipinski definition) is 0. The van der Waals surface area contributed by atoms with Crippen molar-refractivity contribution in [2.75, 3.05) is 14.2 Å². The SMILES string of the molecule is COCc1nc(Cl)c(Oc2cc(OC)ccc2Cl)c(Cl)n1. The molecule has 1 aromatic heterocycles. The second-order valence-electron chi connectivity index (χ2n) is 3.88. The number of hydrogen-bond acceptors (Lipinski definition) is 5. The molecule has 0 saturated carbocycles. The van der Waals surface area contributed by atoms with E-state index in [2.05, 4.69) is 9.97 Å². The van der Waals surface area contributed by atoms with Crippen LogP contribution >= 0.6 is 34.8 Å². The molecule has 0 aliphatic carbocycles. The molecule has 0 N–H and O–H groups in total. The molecule has 0 amide bonds. The van der Waals surface area contributed by atoms with Crippen molar-refractivity contribution in [3.63, 3.8) is 0 Å². The van der Waals surface area contributed by atoms with Gasteiger partial charge in [0.15, 0.2) is 16.1 Å². The minimum atomic E-state index is 0.0703. The lowest BCUT2D eigenvalue weighted by Crippen LogP contribution is -2.00. The third-order valence-corrected chi connectivity index (χ3v) is 3.28. The molecule has 5 nitrogen and oxygen atoms in total. The van der Waals surface area contributed by atoms with E-state index in [4.69, 9.17) is 49.0 Å². The monoisotopic (exact) mass is 348 g/mol. The molecule has 0 bridgehead atoms. The van der Waals surface area contributed by atoms with Gasteiger partial charge in [-0.1, -0.05) is 34.8 Å². The van der Waals surface area contributed by atoms with Crippen molar-refractivity contribution in [2.24, 2.45) is 0 Å². The summed E-state index contributed by atoms with van der Waals surface area (Å²) in [6.45, 7) is 0.194. The van der Waals surface area contributed by atoms with Crippen LogP contribution in [0.2, 0.25) is 15.3 Å². The van der Waals surface area contributed by atoms with Crippen molar-refractivity contribution < 1.29 is 14.2 Å². The van der Waals surface area contributed by atoms with Crippen molar-refractivity contribution in [2.45, 2.75) is 6.61 Å². The Labute approximate surface area is 136 Å². The fraction of sp³-hybridized carbons (Fsp3) is 0.231. The summed E-state index contributed by atoms with van der Waals surface area (Å²) in [7, 11) is 3.06. The molecule has 0 saturated heterocycles. The molecule has 0 aliphatic rings. The van der Waals surface area contributed by atoms with Crippen LogP contribution in [0.1, 0.15) is 5.82 Å². The lowest BCUT2D eigenvalue weighted by Gasteiger charge is -2.12. The van der Waals surface area contributed by atoms with Gasteiger partial charge in [0, 0.05) is 13.2 Å². The number of methoxy groups -OCH3 is 2. The smallest absolute Gasteiger partial charge is 0.202 e. The van der Waals surface area contributed by atoms with Crippen molar-refractivity contribution in [3.8, 4) is 17.2 Å². The number of halogens is 3. The van der Waals surface area contributed by atoms with Crippen molar-refractivity contribution in [1.82, 2.24) is 9.97 Å².